The van der Waals surface area contributed by atoms with Gasteiger partial charge < -0.3 is 15.4 Å². The molecule has 2 aliphatic rings. The molecule has 0 bridgehead atoms. The Balaban J connectivity index is 1.70. The number of halogens is 1. The van der Waals surface area contributed by atoms with E-state index >= 15 is 0 Å². The van der Waals surface area contributed by atoms with Crippen molar-refractivity contribution in [2.75, 3.05) is 18.5 Å². The first-order valence-electron chi connectivity index (χ1n) is 7.12. The molecule has 112 valence electrons. The van der Waals surface area contributed by atoms with Gasteiger partial charge in [0.1, 0.15) is 0 Å². The number of anilines is 1. The molecule has 1 aromatic carbocycles. The van der Waals surface area contributed by atoms with Gasteiger partial charge in [-0.25, -0.2) is 0 Å². The summed E-state index contributed by atoms with van der Waals surface area (Å²) < 4.78 is 5.20. The molecule has 1 aliphatic heterocycles. The van der Waals surface area contributed by atoms with Crippen LogP contribution in [0.4, 0.5) is 5.69 Å². The van der Waals surface area contributed by atoms with Gasteiger partial charge in [-0.3, -0.25) is 9.59 Å². The van der Waals surface area contributed by atoms with Crippen molar-refractivity contribution in [1.29, 1.82) is 0 Å². The SMILES string of the molecule is O=C(NC1CC1)c1cc(NC(=O)C2CCOC2)ccc1Cl. The van der Waals surface area contributed by atoms with E-state index in [-0.39, 0.29) is 23.8 Å². The molecule has 2 N–H and O–H groups in total. The molecule has 3 rings (SSSR count). The minimum atomic E-state index is -0.192. The van der Waals surface area contributed by atoms with Gasteiger partial charge in [0.15, 0.2) is 0 Å². The van der Waals surface area contributed by atoms with E-state index in [2.05, 4.69) is 10.6 Å². The fourth-order valence-electron chi connectivity index (χ4n) is 2.25. The summed E-state index contributed by atoms with van der Waals surface area (Å²) in [6.07, 6.45) is 2.76. The summed E-state index contributed by atoms with van der Waals surface area (Å²) in [6, 6.07) is 5.21. The lowest BCUT2D eigenvalue weighted by Gasteiger charge is -2.11. The van der Waals surface area contributed by atoms with E-state index in [4.69, 9.17) is 16.3 Å². The number of hydrogen-bond acceptors (Lipinski definition) is 3. The normalized spacial score (nSPS) is 21.1. The lowest BCUT2D eigenvalue weighted by Crippen LogP contribution is -2.26. The summed E-state index contributed by atoms with van der Waals surface area (Å²) in [5, 5.41) is 6.09. The molecule has 6 heteroatoms. The molecule has 1 saturated heterocycles. The van der Waals surface area contributed by atoms with Crippen LogP contribution in [0.1, 0.15) is 29.6 Å². The van der Waals surface area contributed by atoms with Gasteiger partial charge in [0.25, 0.3) is 5.91 Å². The molecular formula is C15H17ClN2O3. The first-order chi connectivity index (χ1) is 10.1. The van der Waals surface area contributed by atoms with Crippen LogP contribution in [-0.4, -0.2) is 31.1 Å². The van der Waals surface area contributed by atoms with Gasteiger partial charge in [0.05, 0.1) is 23.1 Å². The van der Waals surface area contributed by atoms with Crippen LogP contribution in [0.15, 0.2) is 18.2 Å². The van der Waals surface area contributed by atoms with Crippen molar-refractivity contribution in [1.82, 2.24) is 5.32 Å². The van der Waals surface area contributed by atoms with E-state index in [1.807, 2.05) is 0 Å². The zero-order chi connectivity index (χ0) is 14.8. The van der Waals surface area contributed by atoms with Crippen LogP contribution >= 0.6 is 11.6 Å². The highest BCUT2D eigenvalue weighted by molar-refractivity contribution is 6.34. The highest BCUT2D eigenvalue weighted by Gasteiger charge is 2.26. The van der Waals surface area contributed by atoms with E-state index in [9.17, 15) is 9.59 Å². The van der Waals surface area contributed by atoms with Crippen LogP contribution < -0.4 is 10.6 Å². The molecule has 2 amide bonds. The molecule has 0 spiro atoms. The maximum Gasteiger partial charge on any atom is 0.253 e. The second kappa shape index (κ2) is 6.03. The molecular weight excluding hydrogens is 292 g/mol. The quantitative estimate of drug-likeness (QED) is 0.896. The largest absolute Gasteiger partial charge is 0.381 e. The minimum Gasteiger partial charge on any atom is -0.381 e. The van der Waals surface area contributed by atoms with E-state index in [1.54, 1.807) is 18.2 Å². The Morgan fingerprint density at radius 1 is 1.24 bits per heavy atom. The molecule has 1 atom stereocenters. The van der Waals surface area contributed by atoms with Gasteiger partial charge in [-0.2, -0.15) is 0 Å². The smallest absolute Gasteiger partial charge is 0.253 e. The number of amides is 2. The van der Waals surface area contributed by atoms with Crippen molar-refractivity contribution in [2.24, 2.45) is 5.92 Å². The van der Waals surface area contributed by atoms with Crippen LogP contribution in [0.2, 0.25) is 5.02 Å². The third kappa shape index (κ3) is 3.54. The van der Waals surface area contributed by atoms with Crippen LogP contribution in [0.5, 0.6) is 0 Å². The highest BCUT2D eigenvalue weighted by atomic mass is 35.5. The minimum absolute atomic E-state index is 0.0802. The molecule has 0 aromatic heterocycles. The zero-order valence-corrected chi connectivity index (χ0v) is 12.3. The van der Waals surface area contributed by atoms with Crippen LogP contribution in [0, 0.1) is 5.92 Å². The van der Waals surface area contributed by atoms with E-state index in [0.717, 1.165) is 19.3 Å². The van der Waals surface area contributed by atoms with Crippen molar-refractivity contribution in [3.63, 3.8) is 0 Å². The predicted octanol–water partition coefficient (Wildman–Crippen LogP) is 2.21. The number of nitrogens with one attached hydrogen (secondary N) is 2. The Morgan fingerprint density at radius 3 is 2.71 bits per heavy atom. The topological polar surface area (TPSA) is 67.4 Å². The van der Waals surface area contributed by atoms with Gasteiger partial charge in [0, 0.05) is 18.3 Å². The summed E-state index contributed by atoms with van der Waals surface area (Å²) in [5.41, 5.74) is 0.973. The second-order valence-electron chi connectivity index (χ2n) is 5.49. The van der Waals surface area contributed by atoms with E-state index in [1.165, 1.54) is 0 Å². The predicted molar refractivity (Wildman–Crippen MR) is 79.5 cm³/mol. The summed E-state index contributed by atoms with van der Waals surface area (Å²) in [5.74, 6) is -0.393. The lowest BCUT2D eigenvalue weighted by molar-refractivity contribution is -0.119. The first-order valence-corrected chi connectivity index (χ1v) is 7.50. The average Bonchev–Trinajstić information content (AvgIpc) is 3.10. The molecule has 1 saturated carbocycles. The number of carbonyl (C=O) groups excluding carboxylic acids is 2. The Kier molecular flexibility index (Phi) is 4.12. The van der Waals surface area contributed by atoms with Crippen molar-refractivity contribution in [3.05, 3.63) is 28.8 Å². The summed E-state index contributed by atoms with van der Waals surface area (Å²) in [7, 11) is 0. The van der Waals surface area contributed by atoms with Gasteiger partial charge in [-0.1, -0.05) is 11.6 Å². The lowest BCUT2D eigenvalue weighted by atomic mass is 10.1. The highest BCUT2D eigenvalue weighted by Crippen LogP contribution is 2.24. The summed E-state index contributed by atoms with van der Waals surface area (Å²) in [4.78, 5) is 24.1. The van der Waals surface area contributed by atoms with Gasteiger partial charge in [-0.05, 0) is 37.5 Å². The van der Waals surface area contributed by atoms with Crippen LogP contribution in [-0.2, 0) is 9.53 Å². The number of benzene rings is 1. The maximum absolute atomic E-state index is 12.1. The third-order valence-corrected chi connectivity index (χ3v) is 4.02. The molecule has 0 radical (unpaired) electrons. The standard InChI is InChI=1S/C15H17ClN2O3/c16-13-4-3-11(18-14(19)9-5-6-21-8-9)7-12(13)15(20)17-10-1-2-10/h3-4,7,9-10H,1-2,5-6,8H2,(H,17,20)(H,18,19). The van der Waals surface area contributed by atoms with Crippen molar-refractivity contribution >= 4 is 29.1 Å². The third-order valence-electron chi connectivity index (χ3n) is 3.69. The van der Waals surface area contributed by atoms with Crippen molar-refractivity contribution < 1.29 is 14.3 Å². The zero-order valence-electron chi connectivity index (χ0n) is 11.5. The number of carbonyl (C=O) groups is 2. The summed E-state index contributed by atoms with van der Waals surface area (Å²) in [6.45, 7) is 1.07. The molecule has 1 unspecified atom stereocenters. The van der Waals surface area contributed by atoms with Crippen LogP contribution in [0.3, 0.4) is 0 Å². The molecule has 5 nitrogen and oxygen atoms in total. The molecule has 1 heterocycles. The number of ether oxygens (including phenoxy) is 1. The van der Waals surface area contributed by atoms with E-state index in [0.29, 0.717) is 29.5 Å². The average molecular weight is 309 g/mol. The summed E-state index contributed by atoms with van der Waals surface area (Å²) >= 11 is 6.07. The maximum atomic E-state index is 12.1. The molecule has 2 fully saturated rings. The Morgan fingerprint density at radius 2 is 2.05 bits per heavy atom. The van der Waals surface area contributed by atoms with Crippen LogP contribution in [0.25, 0.3) is 0 Å². The van der Waals surface area contributed by atoms with Gasteiger partial charge >= 0.3 is 0 Å². The Bertz CT molecular complexity index is 566. The number of hydrogen-bond donors (Lipinski definition) is 2. The van der Waals surface area contributed by atoms with Gasteiger partial charge in [-0.15, -0.1) is 0 Å². The van der Waals surface area contributed by atoms with Crippen molar-refractivity contribution in [2.45, 2.75) is 25.3 Å². The monoisotopic (exact) mass is 308 g/mol. The molecule has 1 aliphatic carbocycles. The first kappa shape index (κ1) is 14.4. The van der Waals surface area contributed by atoms with Crippen molar-refractivity contribution in [3.8, 4) is 0 Å². The van der Waals surface area contributed by atoms with Gasteiger partial charge in [0.2, 0.25) is 5.91 Å². The Labute approximate surface area is 128 Å². The fourth-order valence-corrected chi connectivity index (χ4v) is 2.46. The number of rotatable bonds is 4. The fraction of sp³-hybridized carbons (Fsp3) is 0.467. The Hall–Kier alpha value is -1.59. The second-order valence-corrected chi connectivity index (χ2v) is 5.90. The molecule has 21 heavy (non-hydrogen) atoms. The van der Waals surface area contributed by atoms with E-state index < -0.39 is 0 Å². The molecule has 1 aromatic rings.